The molecule has 0 spiro atoms. The summed E-state index contributed by atoms with van der Waals surface area (Å²) in [6.07, 6.45) is 1.83. The Morgan fingerprint density at radius 1 is 1.16 bits per heavy atom. The van der Waals surface area contributed by atoms with Crippen molar-refractivity contribution in [2.45, 2.75) is 39.2 Å². The zero-order valence-corrected chi connectivity index (χ0v) is 18.6. The smallest absolute Gasteiger partial charge is 0.410 e. The Bertz CT molecular complexity index is 902. The van der Waals surface area contributed by atoms with Crippen LogP contribution in [-0.2, 0) is 19.1 Å². The quantitative estimate of drug-likeness (QED) is 0.378. The largest absolute Gasteiger partial charge is 0.444 e. The third-order valence-electron chi connectivity index (χ3n) is 5.21. The van der Waals surface area contributed by atoms with Gasteiger partial charge in [-0.05, 0) is 45.7 Å². The molecule has 0 aliphatic carbocycles. The maximum absolute atomic E-state index is 13.3. The lowest BCUT2D eigenvalue weighted by atomic mass is 9.80. The molecule has 1 unspecified atom stereocenters. The van der Waals surface area contributed by atoms with Crippen LogP contribution in [0.2, 0.25) is 0 Å². The number of hydrogen-bond donors (Lipinski definition) is 0. The number of hydrogen-bond acceptors (Lipinski definition) is 7. The van der Waals surface area contributed by atoms with Gasteiger partial charge in [0.25, 0.3) is 11.8 Å². The summed E-state index contributed by atoms with van der Waals surface area (Å²) in [5.74, 6) is -2.23. The molecule has 1 aromatic carbocycles. The number of ether oxygens (including phenoxy) is 2. The van der Waals surface area contributed by atoms with Gasteiger partial charge in [0.05, 0.1) is 24.3 Å². The molecule has 1 fully saturated rings. The van der Waals surface area contributed by atoms with E-state index in [1.165, 1.54) is 23.1 Å². The number of piperidine rings is 1. The fourth-order valence-corrected chi connectivity index (χ4v) is 3.72. The fraction of sp³-hybridized carbons (Fsp3) is 0.478. The predicted molar refractivity (Wildman–Crippen MR) is 114 cm³/mol. The zero-order valence-electron chi connectivity index (χ0n) is 18.6. The molecule has 1 saturated heterocycles. The molecule has 0 aromatic heterocycles. The average Bonchev–Trinajstić information content (AvgIpc) is 2.98. The zero-order chi connectivity index (χ0) is 23.5. The molecule has 3 amide bonds. The highest BCUT2D eigenvalue weighted by molar-refractivity contribution is 6.20. The van der Waals surface area contributed by atoms with Crippen LogP contribution < -0.4 is 0 Å². The highest BCUT2D eigenvalue weighted by Crippen LogP contribution is 2.34. The minimum absolute atomic E-state index is 0.0267. The lowest BCUT2D eigenvalue weighted by Gasteiger charge is -2.40. The summed E-state index contributed by atoms with van der Waals surface area (Å²) < 4.78 is 11.0. The van der Waals surface area contributed by atoms with Gasteiger partial charge in [-0.3, -0.25) is 9.59 Å². The molecule has 1 atom stereocenters. The highest BCUT2D eigenvalue weighted by atomic mass is 16.7. The molecule has 2 heterocycles. The maximum atomic E-state index is 13.3. The van der Waals surface area contributed by atoms with E-state index in [1.54, 1.807) is 32.9 Å². The first-order valence-corrected chi connectivity index (χ1v) is 10.4. The Balaban J connectivity index is 1.81. The fourth-order valence-electron chi connectivity index (χ4n) is 3.72. The van der Waals surface area contributed by atoms with E-state index in [0.29, 0.717) is 24.4 Å². The number of imide groups is 1. The van der Waals surface area contributed by atoms with Crippen molar-refractivity contribution in [1.29, 1.82) is 0 Å². The number of carbonyl (C=O) groups is 4. The van der Waals surface area contributed by atoms with Crippen molar-refractivity contribution in [2.24, 2.45) is 5.41 Å². The minimum atomic E-state index is -1.27. The molecule has 3 rings (SSSR count). The van der Waals surface area contributed by atoms with E-state index < -0.39 is 34.9 Å². The van der Waals surface area contributed by atoms with Gasteiger partial charge >= 0.3 is 12.1 Å². The number of likely N-dealkylation sites (tertiary alicyclic amines) is 1. The van der Waals surface area contributed by atoms with Gasteiger partial charge in [0, 0.05) is 13.1 Å². The summed E-state index contributed by atoms with van der Waals surface area (Å²) in [5.41, 5.74) is -1.63. The van der Waals surface area contributed by atoms with E-state index in [0.717, 1.165) is 0 Å². The molecular formula is C23H28N2O7. The second-order valence-electron chi connectivity index (χ2n) is 8.92. The summed E-state index contributed by atoms with van der Waals surface area (Å²) in [6.45, 7) is 9.36. The first-order chi connectivity index (χ1) is 15.1. The summed E-state index contributed by atoms with van der Waals surface area (Å²) in [5, 5.41) is 0.481. The normalized spacial score (nSPS) is 20.7. The first kappa shape index (κ1) is 23.5. The van der Waals surface area contributed by atoms with Gasteiger partial charge in [-0.25, -0.2) is 9.59 Å². The minimum Gasteiger partial charge on any atom is -0.444 e. The molecule has 0 N–H and O–H groups in total. The van der Waals surface area contributed by atoms with E-state index in [4.69, 9.17) is 14.3 Å². The second kappa shape index (κ2) is 9.12. The molecule has 0 radical (unpaired) electrons. The van der Waals surface area contributed by atoms with Crippen molar-refractivity contribution in [3.63, 3.8) is 0 Å². The topological polar surface area (TPSA) is 102 Å². The summed E-state index contributed by atoms with van der Waals surface area (Å²) >= 11 is 0. The van der Waals surface area contributed by atoms with Gasteiger partial charge in [-0.1, -0.05) is 23.3 Å². The van der Waals surface area contributed by atoms with Gasteiger partial charge in [-0.2, -0.15) is 0 Å². The van der Waals surface area contributed by atoms with Crippen LogP contribution >= 0.6 is 0 Å². The van der Waals surface area contributed by atoms with E-state index in [9.17, 15) is 19.2 Å². The molecular weight excluding hydrogens is 416 g/mol. The standard InChI is InChI=1S/C23H28N2O7/c1-5-13-30-15-23(11-8-12-24(14-23)21(29)31-22(2,3)4)20(28)32-25-18(26)16-9-6-7-10-17(16)19(25)27/h5-7,9-10H,1,8,11-15H2,2-4H3. The Kier molecular flexibility index (Phi) is 6.68. The first-order valence-electron chi connectivity index (χ1n) is 10.4. The number of nitrogens with zero attached hydrogens (tertiary/aromatic N) is 2. The maximum Gasteiger partial charge on any atom is 0.410 e. The molecule has 172 valence electrons. The lowest BCUT2D eigenvalue weighted by Crippen LogP contribution is -2.55. The van der Waals surface area contributed by atoms with Crippen LogP contribution in [0.1, 0.15) is 54.3 Å². The molecule has 1 aromatic rings. The van der Waals surface area contributed by atoms with Crippen molar-refractivity contribution < 1.29 is 33.5 Å². The van der Waals surface area contributed by atoms with Crippen molar-refractivity contribution in [1.82, 2.24) is 9.96 Å². The monoisotopic (exact) mass is 444 g/mol. The van der Waals surface area contributed by atoms with Crippen molar-refractivity contribution in [3.8, 4) is 0 Å². The van der Waals surface area contributed by atoms with E-state index in [1.807, 2.05) is 0 Å². The highest BCUT2D eigenvalue weighted by Gasteiger charge is 2.49. The second-order valence-corrected chi connectivity index (χ2v) is 8.92. The number of rotatable bonds is 6. The van der Waals surface area contributed by atoms with Gasteiger partial charge in [-0.15, -0.1) is 6.58 Å². The van der Waals surface area contributed by atoms with Crippen molar-refractivity contribution >= 4 is 23.9 Å². The predicted octanol–water partition coefficient (Wildman–Crippen LogP) is 2.96. The summed E-state index contributed by atoms with van der Waals surface area (Å²) in [7, 11) is 0. The number of carbonyl (C=O) groups excluding carboxylic acids is 4. The molecule has 9 nitrogen and oxygen atoms in total. The number of amides is 3. The van der Waals surface area contributed by atoms with Crippen LogP contribution in [0.25, 0.3) is 0 Å². The molecule has 2 aliphatic rings. The van der Waals surface area contributed by atoms with Crippen molar-refractivity contribution in [2.75, 3.05) is 26.3 Å². The van der Waals surface area contributed by atoms with Gasteiger partial charge in [0.2, 0.25) is 0 Å². The summed E-state index contributed by atoms with van der Waals surface area (Å²) in [4.78, 5) is 57.9. The molecule has 0 saturated carbocycles. The summed E-state index contributed by atoms with van der Waals surface area (Å²) in [6, 6.07) is 6.24. The lowest BCUT2D eigenvalue weighted by molar-refractivity contribution is -0.188. The Morgan fingerprint density at radius 2 is 1.78 bits per heavy atom. The van der Waals surface area contributed by atoms with Crippen LogP contribution in [-0.4, -0.2) is 65.7 Å². The van der Waals surface area contributed by atoms with E-state index in [-0.39, 0.29) is 30.9 Å². The molecule has 32 heavy (non-hydrogen) atoms. The van der Waals surface area contributed by atoms with Gasteiger partial charge in [0.1, 0.15) is 11.0 Å². The third-order valence-corrected chi connectivity index (χ3v) is 5.21. The van der Waals surface area contributed by atoms with Gasteiger partial charge < -0.3 is 19.2 Å². The van der Waals surface area contributed by atoms with E-state index in [2.05, 4.69) is 6.58 Å². The Hall–Kier alpha value is -3.20. The Labute approximate surface area is 186 Å². The Morgan fingerprint density at radius 3 is 2.34 bits per heavy atom. The number of fused-ring (bicyclic) bond motifs is 1. The van der Waals surface area contributed by atoms with Crippen LogP contribution in [0.4, 0.5) is 4.79 Å². The van der Waals surface area contributed by atoms with E-state index >= 15 is 0 Å². The van der Waals surface area contributed by atoms with Crippen LogP contribution in [0, 0.1) is 5.41 Å². The van der Waals surface area contributed by atoms with Crippen LogP contribution in [0.15, 0.2) is 36.9 Å². The third kappa shape index (κ3) is 4.83. The number of hydroxylamine groups is 2. The SMILES string of the molecule is C=CCOCC1(C(=O)ON2C(=O)c3ccccc3C2=O)CCCN(C(=O)OC(C)(C)C)C1. The van der Waals surface area contributed by atoms with Gasteiger partial charge in [0.15, 0.2) is 0 Å². The molecule has 2 aliphatic heterocycles. The molecule has 0 bridgehead atoms. The number of benzene rings is 1. The average molecular weight is 444 g/mol. The van der Waals surface area contributed by atoms with Crippen LogP contribution in [0.3, 0.4) is 0 Å². The molecule has 9 heteroatoms. The van der Waals surface area contributed by atoms with Crippen LogP contribution in [0.5, 0.6) is 0 Å². The van der Waals surface area contributed by atoms with Crippen molar-refractivity contribution in [3.05, 3.63) is 48.0 Å².